The smallest absolute Gasteiger partial charge is 0.407 e. The Bertz CT molecular complexity index is 494. The van der Waals surface area contributed by atoms with Gasteiger partial charge in [0.15, 0.2) is 0 Å². The number of rotatable bonds is 4. The van der Waals surface area contributed by atoms with Crippen LogP contribution in [0.1, 0.15) is 27.2 Å². The van der Waals surface area contributed by atoms with Crippen LogP contribution in [0.3, 0.4) is 0 Å². The third-order valence-electron chi connectivity index (χ3n) is 3.66. The van der Waals surface area contributed by atoms with Gasteiger partial charge in [-0.1, -0.05) is 0 Å². The molecule has 0 saturated carbocycles. The Kier molecular flexibility index (Phi) is 5.16. The Hall–Kier alpha value is -1.91. The number of carbonyl (C=O) groups excluding carboxylic acids is 1. The van der Waals surface area contributed by atoms with Crippen LogP contribution in [0, 0.1) is 5.92 Å². The zero-order valence-corrected chi connectivity index (χ0v) is 13.9. The van der Waals surface area contributed by atoms with Crippen molar-refractivity contribution < 1.29 is 14.3 Å². The Morgan fingerprint density at radius 2 is 2.00 bits per heavy atom. The molecule has 0 spiro atoms. The fourth-order valence-corrected chi connectivity index (χ4v) is 2.57. The van der Waals surface area contributed by atoms with E-state index in [1.807, 2.05) is 32.9 Å². The van der Waals surface area contributed by atoms with Gasteiger partial charge in [-0.15, -0.1) is 0 Å². The maximum absolute atomic E-state index is 11.7. The highest BCUT2D eigenvalue weighted by atomic mass is 16.6. The lowest BCUT2D eigenvalue weighted by Crippen LogP contribution is -2.36. The molecular weight excluding hydrogens is 280 g/mol. The van der Waals surface area contributed by atoms with Gasteiger partial charge in [0.2, 0.25) is 0 Å². The van der Waals surface area contributed by atoms with Crippen molar-refractivity contribution in [3.05, 3.63) is 24.3 Å². The molecule has 1 aliphatic heterocycles. The number of anilines is 1. The average Bonchev–Trinajstić information content (AvgIpc) is 2.92. The van der Waals surface area contributed by atoms with Gasteiger partial charge in [-0.05, 0) is 57.4 Å². The minimum Gasteiger partial charge on any atom is -0.497 e. The van der Waals surface area contributed by atoms with Gasteiger partial charge < -0.3 is 19.7 Å². The van der Waals surface area contributed by atoms with Crippen molar-refractivity contribution in [1.29, 1.82) is 0 Å². The number of benzene rings is 1. The molecule has 2 rings (SSSR count). The van der Waals surface area contributed by atoms with Crippen LogP contribution in [0.15, 0.2) is 24.3 Å². The monoisotopic (exact) mass is 306 g/mol. The van der Waals surface area contributed by atoms with Crippen LogP contribution in [-0.4, -0.2) is 38.4 Å². The lowest BCUT2D eigenvalue weighted by Gasteiger charge is -2.21. The number of methoxy groups -OCH3 is 1. The summed E-state index contributed by atoms with van der Waals surface area (Å²) in [5.41, 5.74) is 0.745. The average molecular weight is 306 g/mol. The molecular formula is C17H26N2O3. The number of carbonyl (C=O) groups is 1. The molecule has 5 heteroatoms. The summed E-state index contributed by atoms with van der Waals surface area (Å²) >= 11 is 0. The summed E-state index contributed by atoms with van der Waals surface area (Å²) in [7, 11) is 1.67. The van der Waals surface area contributed by atoms with Gasteiger partial charge in [-0.3, -0.25) is 0 Å². The van der Waals surface area contributed by atoms with Gasteiger partial charge in [0.25, 0.3) is 0 Å². The molecule has 122 valence electrons. The molecule has 1 atom stereocenters. The largest absolute Gasteiger partial charge is 0.497 e. The van der Waals surface area contributed by atoms with Crippen LogP contribution < -0.4 is 15.0 Å². The predicted octanol–water partition coefficient (Wildman–Crippen LogP) is 3.05. The van der Waals surface area contributed by atoms with Crippen LogP contribution in [-0.2, 0) is 4.74 Å². The highest BCUT2D eigenvalue weighted by molar-refractivity contribution is 5.67. The first-order valence-corrected chi connectivity index (χ1v) is 7.73. The van der Waals surface area contributed by atoms with E-state index in [-0.39, 0.29) is 6.09 Å². The van der Waals surface area contributed by atoms with E-state index in [0.717, 1.165) is 25.3 Å². The van der Waals surface area contributed by atoms with Crippen LogP contribution >= 0.6 is 0 Å². The Balaban J connectivity index is 1.78. The highest BCUT2D eigenvalue weighted by Crippen LogP contribution is 2.25. The molecule has 1 saturated heterocycles. The molecule has 0 aromatic heterocycles. The third-order valence-corrected chi connectivity index (χ3v) is 3.66. The quantitative estimate of drug-likeness (QED) is 0.929. The first-order chi connectivity index (χ1) is 10.4. The zero-order chi connectivity index (χ0) is 16.2. The first kappa shape index (κ1) is 16.5. The van der Waals surface area contributed by atoms with E-state index in [1.165, 1.54) is 5.69 Å². The third kappa shape index (κ3) is 4.83. The lowest BCUT2D eigenvalue weighted by molar-refractivity contribution is 0.0520. The molecule has 22 heavy (non-hydrogen) atoms. The summed E-state index contributed by atoms with van der Waals surface area (Å²) in [4.78, 5) is 14.0. The maximum Gasteiger partial charge on any atom is 0.407 e. The van der Waals surface area contributed by atoms with Crippen molar-refractivity contribution >= 4 is 11.8 Å². The van der Waals surface area contributed by atoms with E-state index in [1.54, 1.807) is 7.11 Å². The van der Waals surface area contributed by atoms with Crippen LogP contribution in [0.5, 0.6) is 5.75 Å². The molecule has 1 N–H and O–H groups in total. The minimum absolute atomic E-state index is 0.338. The predicted molar refractivity (Wildman–Crippen MR) is 87.6 cm³/mol. The van der Waals surface area contributed by atoms with Gasteiger partial charge in [-0.25, -0.2) is 4.79 Å². The maximum atomic E-state index is 11.7. The van der Waals surface area contributed by atoms with Crippen molar-refractivity contribution in [2.24, 2.45) is 5.92 Å². The molecule has 1 aliphatic rings. The van der Waals surface area contributed by atoms with Crippen molar-refractivity contribution in [3.8, 4) is 5.75 Å². The zero-order valence-electron chi connectivity index (χ0n) is 13.9. The number of amides is 1. The van der Waals surface area contributed by atoms with Crippen LogP contribution in [0.25, 0.3) is 0 Å². The van der Waals surface area contributed by atoms with Crippen LogP contribution in [0.2, 0.25) is 0 Å². The van der Waals surface area contributed by atoms with Crippen molar-refractivity contribution in [1.82, 2.24) is 5.32 Å². The number of alkyl carbamates (subject to hydrolysis) is 1. The van der Waals surface area contributed by atoms with Crippen LogP contribution in [0.4, 0.5) is 10.5 Å². The van der Waals surface area contributed by atoms with Gasteiger partial charge in [0.1, 0.15) is 11.4 Å². The normalized spacial score (nSPS) is 18.2. The Labute approximate surface area is 132 Å². The molecule has 0 radical (unpaired) electrons. The van der Waals surface area contributed by atoms with E-state index in [2.05, 4.69) is 22.3 Å². The second kappa shape index (κ2) is 6.90. The topological polar surface area (TPSA) is 50.8 Å². The SMILES string of the molecule is COc1ccc(N2CCC(CNC(=O)OC(C)(C)C)C2)cc1. The molecule has 0 bridgehead atoms. The summed E-state index contributed by atoms with van der Waals surface area (Å²) < 4.78 is 10.4. The summed E-state index contributed by atoms with van der Waals surface area (Å²) in [5, 5.41) is 2.86. The van der Waals surface area contributed by atoms with E-state index < -0.39 is 5.60 Å². The highest BCUT2D eigenvalue weighted by Gasteiger charge is 2.24. The van der Waals surface area contributed by atoms with E-state index in [4.69, 9.17) is 9.47 Å². The van der Waals surface area contributed by atoms with Crippen molar-refractivity contribution in [2.75, 3.05) is 31.6 Å². The number of nitrogens with zero attached hydrogens (tertiary/aromatic N) is 1. The van der Waals surface area contributed by atoms with Gasteiger partial charge in [0.05, 0.1) is 7.11 Å². The molecule has 1 aromatic rings. The molecule has 1 fully saturated rings. The van der Waals surface area contributed by atoms with Gasteiger partial charge in [0, 0.05) is 25.3 Å². The van der Waals surface area contributed by atoms with E-state index in [9.17, 15) is 4.79 Å². The lowest BCUT2D eigenvalue weighted by atomic mass is 10.1. The summed E-state index contributed by atoms with van der Waals surface area (Å²) in [5.74, 6) is 1.32. The minimum atomic E-state index is -0.450. The number of hydrogen-bond donors (Lipinski definition) is 1. The molecule has 1 heterocycles. The first-order valence-electron chi connectivity index (χ1n) is 7.73. The molecule has 5 nitrogen and oxygen atoms in total. The second-order valence-corrected chi connectivity index (χ2v) is 6.68. The number of hydrogen-bond acceptors (Lipinski definition) is 4. The number of ether oxygens (including phenoxy) is 2. The molecule has 1 amide bonds. The summed E-state index contributed by atoms with van der Waals surface area (Å²) in [6, 6.07) is 8.09. The Morgan fingerprint density at radius 1 is 1.32 bits per heavy atom. The molecule has 1 aromatic carbocycles. The summed E-state index contributed by atoms with van der Waals surface area (Å²) in [6.07, 6.45) is 0.734. The van der Waals surface area contributed by atoms with Crippen molar-refractivity contribution in [3.63, 3.8) is 0 Å². The fraction of sp³-hybridized carbons (Fsp3) is 0.588. The fourth-order valence-electron chi connectivity index (χ4n) is 2.57. The standard InChI is InChI=1S/C17H26N2O3/c1-17(2,3)22-16(20)18-11-13-9-10-19(12-13)14-5-7-15(21-4)8-6-14/h5-8,13H,9-12H2,1-4H3,(H,18,20). The van der Waals surface area contributed by atoms with Gasteiger partial charge in [-0.2, -0.15) is 0 Å². The summed E-state index contributed by atoms with van der Waals surface area (Å²) in [6.45, 7) is 8.21. The van der Waals surface area contributed by atoms with Gasteiger partial charge >= 0.3 is 6.09 Å². The second-order valence-electron chi connectivity index (χ2n) is 6.68. The van der Waals surface area contributed by atoms with Crippen molar-refractivity contribution in [2.45, 2.75) is 32.8 Å². The van der Waals surface area contributed by atoms with E-state index >= 15 is 0 Å². The van der Waals surface area contributed by atoms with E-state index in [0.29, 0.717) is 12.5 Å². The number of nitrogens with one attached hydrogen (secondary N) is 1. The Morgan fingerprint density at radius 3 is 2.59 bits per heavy atom. The molecule has 1 unspecified atom stereocenters. The molecule has 0 aliphatic carbocycles.